The van der Waals surface area contributed by atoms with Crippen LogP contribution in [0, 0.1) is 6.07 Å². The Morgan fingerprint density at radius 1 is 1.00 bits per heavy atom. The van der Waals surface area contributed by atoms with Crippen molar-refractivity contribution in [3.05, 3.63) is 59.7 Å². The summed E-state index contributed by atoms with van der Waals surface area (Å²) < 4.78 is 0. The van der Waals surface area contributed by atoms with Crippen molar-refractivity contribution in [2.45, 2.75) is 39.5 Å². The van der Waals surface area contributed by atoms with Gasteiger partial charge in [0.05, 0.1) is 0 Å². The Hall–Kier alpha value is -1.56. The van der Waals surface area contributed by atoms with Crippen molar-refractivity contribution in [3.63, 3.8) is 0 Å². The molecule has 18 heavy (non-hydrogen) atoms. The van der Waals surface area contributed by atoms with E-state index in [0.29, 0.717) is 5.92 Å². The van der Waals surface area contributed by atoms with Crippen LogP contribution in [0.3, 0.4) is 0 Å². The highest BCUT2D eigenvalue weighted by Crippen LogP contribution is 2.24. The lowest BCUT2D eigenvalue weighted by molar-refractivity contribution is 0.865. The SMILES string of the molecule is CCCc1ccc(-c2cc[c]c(C(C)C)c2)cc1. The van der Waals surface area contributed by atoms with E-state index < -0.39 is 0 Å². The molecule has 0 fully saturated rings. The van der Waals surface area contributed by atoms with Crippen molar-refractivity contribution < 1.29 is 0 Å². The summed E-state index contributed by atoms with van der Waals surface area (Å²) in [5.74, 6) is 0.532. The van der Waals surface area contributed by atoms with Crippen molar-refractivity contribution in [2.24, 2.45) is 0 Å². The summed E-state index contributed by atoms with van der Waals surface area (Å²) in [7, 11) is 0. The molecule has 93 valence electrons. The summed E-state index contributed by atoms with van der Waals surface area (Å²) in [5.41, 5.74) is 5.30. The van der Waals surface area contributed by atoms with Crippen LogP contribution in [-0.4, -0.2) is 0 Å². The van der Waals surface area contributed by atoms with Gasteiger partial charge in [-0.3, -0.25) is 0 Å². The molecule has 0 amide bonds. The highest BCUT2D eigenvalue weighted by atomic mass is 14.1. The van der Waals surface area contributed by atoms with Gasteiger partial charge < -0.3 is 0 Å². The van der Waals surface area contributed by atoms with Gasteiger partial charge in [-0.05, 0) is 40.7 Å². The molecule has 0 heterocycles. The molecular formula is C18H21. The van der Waals surface area contributed by atoms with Crippen LogP contribution in [0.5, 0.6) is 0 Å². The monoisotopic (exact) mass is 237 g/mol. The Kier molecular flexibility index (Phi) is 4.19. The third-order valence-corrected chi connectivity index (χ3v) is 3.27. The van der Waals surface area contributed by atoms with Crippen LogP contribution in [0.4, 0.5) is 0 Å². The number of benzene rings is 2. The fraction of sp³-hybridized carbons (Fsp3) is 0.333. The van der Waals surface area contributed by atoms with E-state index in [1.54, 1.807) is 0 Å². The minimum absolute atomic E-state index is 0.532. The standard InChI is InChI=1S/C18H21/c1-4-6-15-9-11-16(12-10-15)18-8-5-7-17(13-18)14(2)3/h5,8-14H,4,6H2,1-3H3. The predicted molar refractivity (Wildman–Crippen MR) is 78.8 cm³/mol. The fourth-order valence-electron chi connectivity index (χ4n) is 2.15. The molecule has 0 saturated carbocycles. The highest BCUT2D eigenvalue weighted by molar-refractivity contribution is 5.64. The lowest BCUT2D eigenvalue weighted by atomic mass is 9.96. The van der Waals surface area contributed by atoms with Crippen LogP contribution >= 0.6 is 0 Å². The first kappa shape index (κ1) is 12.9. The van der Waals surface area contributed by atoms with Crippen LogP contribution < -0.4 is 0 Å². The van der Waals surface area contributed by atoms with Crippen LogP contribution in [0.15, 0.2) is 42.5 Å². The third-order valence-electron chi connectivity index (χ3n) is 3.27. The maximum Gasteiger partial charge on any atom is -0.0146 e. The molecule has 0 saturated heterocycles. The summed E-state index contributed by atoms with van der Waals surface area (Å²) in [6.07, 6.45) is 2.37. The minimum Gasteiger partial charge on any atom is -0.0651 e. The van der Waals surface area contributed by atoms with Crippen molar-refractivity contribution in [1.29, 1.82) is 0 Å². The molecule has 0 heteroatoms. The number of hydrogen-bond donors (Lipinski definition) is 0. The zero-order valence-corrected chi connectivity index (χ0v) is 11.5. The lowest BCUT2D eigenvalue weighted by Gasteiger charge is -2.08. The van der Waals surface area contributed by atoms with E-state index in [1.807, 2.05) is 6.07 Å². The number of hydrogen-bond acceptors (Lipinski definition) is 0. The average molecular weight is 237 g/mol. The molecular weight excluding hydrogens is 216 g/mol. The van der Waals surface area contributed by atoms with Gasteiger partial charge in [0.1, 0.15) is 0 Å². The van der Waals surface area contributed by atoms with Gasteiger partial charge >= 0.3 is 0 Å². The van der Waals surface area contributed by atoms with Gasteiger partial charge in [-0.1, -0.05) is 69.7 Å². The second-order valence-electron chi connectivity index (χ2n) is 5.13. The second-order valence-corrected chi connectivity index (χ2v) is 5.13. The molecule has 0 bridgehead atoms. The summed E-state index contributed by atoms with van der Waals surface area (Å²) >= 11 is 0. The first-order valence-electron chi connectivity index (χ1n) is 6.81. The lowest BCUT2D eigenvalue weighted by Crippen LogP contribution is -1.89. The molecule has 0 aliphatic carbocycles. The van der Waals surface area contributed by atoms with Gasteiger partial charge in [0, 0.05) is 0 Å². The van der Waals surface area contributed by atoms with Crippen LogP contribution in [-0.2, 0) is 6.42 Å². The van der Waals surface area contributed by atoms with E-state index in [4.69, 9.17) is 0 Å². The molecule has 0 unspecified atom stereocenters. The molecule has 0 spiro atoms. The molecule has 0 aliphatic rings. The van der Waals surface area contributed by atoms with E-state index in [-0.39, 0.29) is 0 Å². The van der Waals surface area contributed by atoms with Crippen molar-refractivity contribution >= 4 is 0 Å². The van der Waals surface area contributed by atoms with Gasteiger partial charge in [-0.25, -0.2) is 0 Å². The first-order valence-corrected chi connectivity index (χ1v) is 6.81. The van der Waals surface area contributed by atoms with Gasteiger partial charge in [-0.2, -0.15) is 0 Å². The smallest absolute Gasteiger partial charge is 0.0146 e. The Morgan fingerprint density at radius 2 is 1.72 bits per heavy atom. The molecule has 0 aromatic heterocycles. The van der Waals surface area contributed by atoms with E-state index in [9.17, 15) is 0 Å². The quantitative estimate of drug-likeness (QED) is 0.683. The number of rotatable bonds is 4. The second kappa shape index (κ2) is 5.86. The van der Waals surface area contributed by atoms with Gasteiger partial charge in [0.15, 0.2) is 0 Å². The average Bonchev–Trinajstić information content (AvgIpc) is 2.40. The Balaban J connectivity index is 2.28. The molecule has 0 aliphatic heterocycles. The van der Waals surface area contributed by atoms with Gasteiger partial charge in [-0.15, -0.1) is 0 Å². The fourth-order valence-corrected chi connectivity index (χ4v) is 2.15. The Labute approximate surface area is 111 Å². The van der Waals surface area contributed by atoms with Crippen LogP contribution in [0.1, 0.15) is 44.2 Å². The summed E-state index contributed by atoms with van der Waals surface area (Å²) in [5, 5.41) is 0. The van der Waals surface area contributed by atoms with Crippen molar-refractivity contribution in [2.75, 3.05) is 0 Å². The normalized spacial score (nSPS) is 10.9. The number of aryl methyl sites for hydroxylation is 1. The van der Waals surface area contributed by atoms with Crippen LogP contribution in [0.2, 0.25) is 0 Å². The van der Waals surface area contributed by atoms with Crippen molar-refractivity contribution in [1.82, 2.24) is 0 Å². The topological polar surface area (TPSA) is 0 Å². The Morgan fingerprint density at radius 3 is 2.33 bits per heavy atom. The van der Waals surface area contributed by atoms with E-state index in [1.165, 1.54) is 35.1 Å². The van der Waals surface area contributed by atoms with E-state index >= 15 is 0 Å². The highest BCUT2D eigenvalue weighted by Gasteiger charge is 2.02. The van der Waals surface area contributed by atoms with Crippen molar-refractivity contribution in [3.8, 4) is 11.1 Å². The first-order chi connectivity index (χ1) is 8.70. The van der Waals surface area contributed by atoms with E-state index in [2.05, 4.69) is 63.2 Å². The predicted octanol–water partition coefficient (Wildman–Crippen LogP) is 5.23. The largest absolute Gasteiger partial charge is 0.0651 e. The molecule has 2 rings (SSSR count). The molecule has 1 radical (unpaired) electrons. The zero-order chi connectivity index (χ0) is 13.0. The summed E-state index contributed by atoms with van der Waals surface area (Å²) in [6.45, 7) is 6.63. The maximum absolute atomic E-state index is 3.31. The van der Waals surface area contributed by atoms with Gasteiger partial charge in [0.25, 0.3) is 0 Å². The minimum atomic E-state index is 0.532. The third kappa shape index (κ3) is 3.01. The van der Waals surface area contributed by atoms with E-state index in [0.717, 1.165) is 0 Å². The maximum atomic E-state index is 3.31. The summed E-state index contributed by atoms with van der Waals surface area (Å²) in [4.78, 5) is 0. The van der Waals surface area contributed by atoms with Crippen LogP contribution in [0.25, 0.3) is 11.1 Å². The summed E-state index contributed by atoms with van der Waals surface area (Å²) in [6, 6.07) is 18.7. The van der Waals surface area contributed by atoms with Gasteiger partial charge in [0.2, 0.25) is 0 Å². The molecule has 2 aromatic carbocycles. The zero-order valence-electron chi connectivity index (χ0n) is 11.5. The molecule has 0 nitrogen and oxygen atoms in total. The molecule has 0 atom stereocenters. The molecule has 0 N–H and O–H groups in total. The molecule has 2 aromatic rings. The Bertz CT molecular complexity index is 492.